The minimum absolute atomic E-state index is 0.0870. The Labute approximate surface area is 112 Å². The van der Waals surface area contributed by atoms with Crippen LogP contribution in [0.2, 0.25) is 0 Å². The number of hydrogen-bond donors (Lipinski definition) is 0. The van der Waals surface area contributed by atoms with Crippen LogP contribution in [0.25, 0.3) is 21.9 Å². The van der Waals surface area contributed by atoms with Gasteiger partial charge in [0.25, 0.3) is 5.56 Å². The highest BCUT2D eigenvalue weighted by Gasteiger charge is 2.16. The van der Waals surface area contributed by atoms with Crippen molar-refractivity contribution in [1.29, 1.82) is 0 Å². The van der Waals surface area contributed by atoms with Crippen molar-refractivity contribution in [3.05, 3.63) is 44.3 Å². The highest BCUT2D eigenvalue weighted by atomic mass is 79.9. The van der Waals surface area contributed by atoms with E-state index in [1.807, 2.05) is 32.0 Å². The lowest BCUT2D eigenvalue weighted by Gasteiger charge is -2.06. The third-order valence-electron chi connectivity index (χ3n) is 3.47. The van der Waals surface area contributed by atoms with Crippen molar-refractivity contribution in [1.82, 2.24) is 4.57 Å². The van der Waals surface area contributed by atoms with Gasteiger partial charge in [0.1, 0.15) is 5.76 Å². The Kier molecular flexibility index (Phi) is 2.38. The third-order valence-corrected chi connectivity index (χ3v) is 3.97. The molecule has 3 nitrogen and oxygen atoms in total. The molecule has 0 atom stereocenters. The first-order chi connectivity index (χ1) is 8.50. The van der Waals surface area contributed by atoms with Crippen LogP contribution in [0.3, 0.4) is 0 Å². The topological polar surface area (TPSA) is 35.1 Å². The standard InChI is InChI=1S/C14H12BrNO2/c1-7-8(2)18-13-12(7)10-6-9(15)4-5-11(10)16(3)14(13)17/h4-6H,1-3H3. The predicted octanol–water partition coefficient (Wildman–Crippen LogP) is 3.66. The first-order valence-corrected chi connectivity index (χ1v) is 6.48. The second-order valence-electron chi connectivity index (χ2n) is 4.51. The molecule has 1 aromatic carbocycles. The molecule has 0 fully saturated rings. The molecule has 2 aromatic heterocycles. The zero-order valence-corrected chi connectivity index (χ0v) is 12.0. The lowest BCUT2D eigenvalue weighted by atomic mass is 10.1. The molecule has 0 bridgehead atoms. The van der Waals surface area contributed by atoms with Crippen LogP contribution in [0.4, 0.5) is 0 Å². The second-order valence-corrected chi connectivity index (χ2v) is 5.43. The molecule has 0 saturated carbocycles. The Bertz CT molecular complexity index is 842. The van der Waals surface area contributed by atoms with Crippen LogP contribution in [0.15, 0.2) is 31.9 Å². The molecule has 0 spiro atoms. The number of halogens is 1. The predicted molar refractivity (Wildman–Crippen MR) is 76.1 cm³/mol. The number of aryl methyl sites for hydroxylation is 3. The van der Waals surface area contributed by atoms with E-state index in [9.17, 15) is 4.79 Å². The summed E-state index contributed by atoms with van der Waals surface area (Å²) in [4.78, 5) is 12.3. The Hall–Kier alpha value is -1.55. The summed E-state index contributed by atoms with van der Waals surface area (Å²) in [6.45, 7) is 3.87. The van der Waals surface area contributed by atoms with E-state index in [2.05, 4.69) is 15.9 Å². The van der Waals surface area contributed by atoms with Gasteiger partial charge in [-0.25, -0.2) is 0 Å². The monoisotopic (exact) mass is 305 g/mol. The molecule has 18 heavy (non-hydrogen) atoms. The molecule has 0 aliphatic carbocycles. The van der Waals surface area contributed by atoms with Gasteiger partial charge >= 0.3 is 0 Å². The van der Waals surface area contributed by atoms with Crippen molar-refractivity contribution in [3.8, 4) is 0 Å². The minimum Gasteiger partial charge on any atom is -0.455 e. The fraction of sp³-hybridized carbons (Fsp3) is 0.214. The Balaban J connectivity index is 2.74. The first kappa shape index (κ1) is 11.5. The van der Waals surface area contributed by atoms with Crippen LogP contribution in [0, 0.1) is 13.8 Å². The van der Waals surface area contributed by atoms with Gasteiger partial charge in [0, 0.05) is 22.3 Å². The maximum atomic E-state index is 12.3. The molecular formula is C14H12BrNO2. The molecule has 3 aromatic rings. The summed E-state index contributed by atoms with van der Waals surface area (Å²) in [5.41, 5.74) is 2.31. The van der Waals surface area contributed by atoms with Gasteiger partial charge in [-0.05, 0) is 37.6 Å². The molecule has 0 amide bonds. The molecule has 0 aliphatic rings. The van der Waals surface area contributed by atoms with Gasteiger partial charge in [-0.3, -0.25) is 4.79 Å². The average molecular weight is 306 g/mol. The lowest BCUT2D eigenvalue weighted by Crippen LogP contribution is -2.16. The van der Waals surface area contributed by atoms with Gasteiger partial charge in [0.05, 0.1) is 5.52 Å². The van der Waals surface area contributed by atoms with Crippen LogP contribution < -0.4 is 5.56 Å². The summed E-state index contributed by atoms with van der Waals surface area (Å²) in [6.07, 6.45) is 0. The Morgan fingerprint density at radius 2 is 2.00 bits per heavy atom. The quantitative estimate of drug-likeness (QED) is 0.635. The minimum atomic E-state index is -0.0870. The van der Waals surface area contributed by atoms with Gasteiger partial charge < -0.3 is 8.98 Å². The molecule has 4 heteroatoms. The van der Waals surface area contributed by atoms with E-state index < -0.39 is 0 Å². The SMILES string of the molecule is Cc1oc2c(=O)n(C)c3ccc(Br)cc3c2c1C. The number of furan rings is 1. The van der Waals surface area contributed by atoms with Crippen molar-refractivity contribution in [3.63, 3.8) is 0 Å². The summed E-state index contributed by atoms with van der Waals surface area (Å²) >= 11 is 3.47. The molecule has 2 heterocycles. The number of pyridine rings is 1. The number of rotatable bonds is 0. The largest absolute Gasteiger partial charge is 0.455 e. The zero-order valence-electron chi connectivity index (χ0n) is 10.4. The second kappa shape index (κ2) is 3.72. The summed E-state index contributed by atoms with van der Waals surface area (Å²) in [7, 11) is 1.77. The van der Waals surface area contributed by atoms with Gasteiger partial charge in [-0.15, -0.1) is 0 Å². The van der Waals surface area contributed by atoms with Crippen molar-refractivity contribution in [2.75, 3.05) is 0 Å². The van der Waals surface area contributed by atoms with E-state index in [-0.39, 0.29) is 5.56 Å². The van der Waals surface area contributed by atoms with Crippen LogP contribution in [0.1, 0.15) is 11.3 Å². The van der Waals surface area contributed by atoms with Gasteiger partial charge in [0.2, 0.25) is 0 Å². The molecule has 92 valence electrons. The number of fused-ring (bicyclic) bond motifs is 3. The number of nitrogens with zero attached hydrogens (tertiary/aromatic N) is 1. The van der Waals surface area contributed by atoms with E-state index >= 15 is 0 Å². The molecule has 0 aliphatic heterocycles. The summed E-state index contributed by atoms with van der Waals surface area (Å²) in [5.74, 6) is 0.801. The number of aromatic nitrogens is 1. The molecule has 0 saturated heterocycles. The molecular weight excluding hydrogens is 294 g/mol. The van der Waals surface area contributed by atoms with Gasteiger partial charge in [-0.1, -0.05) is 15.9 Å². The van der Waals surface area contributed by atoms with Crippen molar-refractivity contribution in [2.45, 2.75) is 13.8 Å². The Morgan fingerprint density at radius 1 is 1.28 bits per heavy atom. The summed E-state index contributed by atoms with van der Waals surface area (Å²) in [6, 6.07) is 5.91. The van der Waals surface area contributed by atoms with E-state index in [0.29, 0.717) is 5.58 Å². The zero-order chi connectivity index (χ0) is 13.0. The van der Waals surface area contributed by atoms with Crippen molar-refractivity contribution >= 4 is 37.8 Å². The van der Waals surface area contributed by atoms with Gasteiger partial charge in [0.15, 0.2) is 5.58 Å². The first-order valence-electron chi connectivity index (χ1n) is 5.68. The molecule has 0 unspecified atom stereocenters. The smallest absolute Gasteiger partial charge is 0.294 e. The van der Waals surface area contributed by atoms with Crippen LogP contribution in [-0.2, 0) is 7.05 Å². The molecule has 3 rings (SSSR count). The fourth-order valence-corrected chi connectivity index (χ4v) is 2.73. The van der Waals surface area contributed by atoms with Crippen molar-refractivity contribution in [2.24, 2.45) is 7.05 Å². The normalized spacial score (nSPS) is 11.6. The van der Waals surface area contributed by atoms with E-state index in [4.69, 9.17) is 4.42 Å². The maximum absolute atomic E-state index is 12.3. The maximum Gasteiger partial charge on any atom is 0.294 e. The third kappa shape index (κ3) is 1.38. The highest BCUT2D eigenvalue weighted by molar-refractivity contribution is 9.10. The fourth-order valence-electron chi connectivity index (χ4n) is 2.36. The van der Waals surface area contributed by atoms with Crippen LogP contribution >= 0.6 is 15.9 Å². The van der Waals surface area contributed by atoms with E-state index in [1.165, 1.54) is 0 Å². The number of hydrogen-bond acceptors (Lipinski definition) is 2. The summed E-state index contributed by atoms with van der Waals surface area (Å²) in [5, 5.41) is 1.96. The lowest BCUT2D eigenvalue weighted by molar-refractivity contribution is 0.568. The van der Waals surface area contributed by atoms with Gasteiger partial charge in [-0.2, -0.15) is 0 Å². The van der Waals surface area contributed by atoms with E-state index in [1.54, 1.807) is 11.6 Å². The molecule has 0 radical (unpaired) electrons. The summed E-state index contributed by atoms with van der Waals surface area (Å²) < 4.78 is 8.23. The van der Waals surface area contributed by atoms with Crippen LogP contribution in [-0.4, -0.2) is 4.57 Å². The molecule has 0 N–H and O–H groups in total. The highest BCUT2D eigenvalue weighted by Crippen LogP contribution is 2.31. The van der Waals surface area contributed by atoms with E-state index in [0.717, 1.165) is 32.1 Å². The average Bonchev–Trinajstić information content (AvgIpc) is 2.63. The number of benzene rings is 1. The van der Waals surface area contributed by atoms with Crippen LogP contribution in [0.5, 0.6) is 0 Å². The van der Waals surface area contributed by atoms with Crippen molar-refractivity contribution < 1.29 is 4.42 Å². The Morgan fingerprint density at radius 3 is 2.72 bits per heavy atom.